The van der Waals surface area contributed by atoms with Crippen LogP contribution in [0.15, 0.2) is 24.3 Å². The number of rotatable bonds is 3. The van der Waals surface area contributed by atoms with Crippen LogP contribution in [-0.4, -0.2) is 37.0 Å². The first-order chi connectivity index (χ1) is 10.3. The summed E-state index contributed by atoms with van der Waals surface area (Å²) < 4.78 is 0. The molecule has 0 radical (unpaired) electrons. The van der Waals surface area contributed by atoms with Crippen molar-refractivity contribution in [3.63, 3.8) is 0 Å². The van der Waals surface area contributed by atoms with Crippen LogP contribution in [0.4, 0.5) is 0 Å². The molecular formula is C18H26N2O. The minimum Gasteiger partial charge on any atom is -0.343 e. The lowest BCUT2D eigenvalue weighted by molar-refractivity contribution is -0.132. The number of carbonyl (C=O) groups is 1. The van der Waals surface area contributed by atoms with E-state index in [1.165, 1.54) is 24.0 Å². The molecule has 0 saturated carbocycles. The van der Waals surface area contributed by atoms with Crippen LogP contribution in [0.5, 0.6) is 0 Å². The van der Waals surface area contributed by atoms with Gasteiger partial charge in [0, 0.05) is 25.6 Å². The summed E-state index contributed by atoms with van der Waals surface area (Å²) in [4.78, 5) is 14.7. The van der Waals surface area contributed by atoms with Gasteiger partial charge in [-0.2, -0.15) is 0 Å². The second kappa shape index (κ2) is 6.61. The highest BCUT2D eigenvalue weighted by Gasteiger charge is 2.26. The highest BCUT2D eigenvalue weighted by molar-refractivity contribution is 5.77. The van der Waals surface area contributed by atoms with Gasteiger partial charge in [0.05, 0.1) is 0 Å². The van der Waals surface area contributed by atoms with E-state index >= 15 is 0 Å². The number of amides is 1. The molecule has 0 bridgehead atoms. The van der Waals surface area contributed by atoms with Crippen molar-refractivity contribution in [3.05, 3.63) is 35.4 Å². The number of benzene rings is 1. The first-order valence-electron chi connectivity index (χ1n) is 8.30. The molecule has 3 heteroatoms. The molecule has 1 N–H and O–H groups in total. The molecule has 2 aliphatic rings. The monoisotopic (exact) mass is 286 g/mol. The third-order valence-electron chi connectivity index (χ3n) is 5.17. The second-order valence-electron chi connectivity index (χ2n) is 6.44. The molecule has 1 unspecified atom stereocenters. The van der Waals surface area contributed by atoms with E-state index in [1.807, 2.05) is 7.05 Å². The van der Waals surface area contributed by atoms with Crippen molar-refractivity contribution >= 4 is 5.91 Å². The molecule has 114 valence electrons. The molecule has 1 aliphatic carbocycles. The molecule has 1 amide bonds. The molecule has 3 nitrogen and oxygen atoms in total. The summed E-state index contributed by atoms with van der Waals surface area (Å²) in [5.74, 6) is 0.788. The van der Waals surface area contributed by atoms with Gasteiger partial charge in [-0.25, -0.2) is 0 Å². The van der Waals surface area contributed by atoms with Crippen LogP contribution in [0.3, 0.4) is 0 Å². The van der Waals surface area contributed by atoms with Gasteiger partial charge in [0.1, 0.15) is 0 Å². The van der Waals surface area contributed by atoms with Crippen molar-refractivity contribution in [1.82, 2.24) is 10.2 Å². The summed E-state index contributed by atoms with van der Waals surface area (Å²) in [5, 5.41) is 3.32. The minimum atomic E-state index is 0.353. The normalized spacial score (nSPS) is 22.9. The molecule has 1 aliphatic heterocycles. The smallest absolute Gasteiger partial charge is 0.223 e. The van der Waals surface area contributed by atoms with Crippen LogP contribution in [0.1, 0.15) is 49.1 Å². The average Bonchev–Trinajstić information content (AvgIpc) is 2.55. The van der Waals surface area contributed by atoms with Gasteiger partial charge in [-0.15, -0.1) is 0 Å². The fourth-order valence-electron chi connectivity index (χ4n) is 3.82. The van der Waals surface area contributed by atoms with E-state index in [9.17, 15) is 4.79 Å². The summed E-state index contributed by atoms with van der Waals surface area (Å²) in [7, 11) is 2.01. The van der Waals surface area contributed by atoms with E-state index in [1.54, 1.807) is 0 Å². The highest BCUT2D eigenvalue weighted by atomic mass is 16.2. The second-order valence-corrected chi connectivity index (χ2v) is 6.44. The fraction of sp³-hybridized carbons (Fsp3) is 0.611. The molecule has 1 atom stereocenters. The summed E-state index contributed by atoms with van der Waals surface area (Å²) in [5.41, 5.74) is 2.87. The van der Waals surface area contributed by atoms with Gasteiger partial charge in [-0.05, 0) is 56.2 Å². The molecule has 1 fully saturated rings. The van der Waals surface area contributed by atoms with E-state index in [2.05, 4.69) is 34.5 Å². The van der Waals surface area contributed by atoms with Crippen molar-refractivity contribution in [3.8, 4) is 0 Å². The van der Waals surface area contributed by atoms with E-state index < -0.39 is 0 Å². The quantitative estimate of drug-likeness (QED) is 0.926. The number of hydrogen-bond donors (Lipinski definition) is 1. The standard InChI is InChI=1S/C18H26N2O/c1-19-16-9-11-20(12-10-16)18(21)13-15-7-4-6-14-5-2-3-8-17(14)15/h2-3,5,8,15-16,19H,4,6-7,9-13H2,1H3. The predicted octanol–water partition coefficient (Wildman–Crippen LogP) is 2.71. The van der Waals surface area contributed by atoms with Crippen molar-refractivity contribution < 1.29 is 4.79 Å². The highest BCUT2D eigenvalue weighted by Crippen LogP contribution is 2.34. The Morgan fingerprint density at radius 3 is 2.76 bits per heavy atom. The molecule has 3 rings (SSSR count). The Labute approximate surface area is 127 Å². The van der Waals surface area contributed by atoms with E-state index in [0.717, 1.165) is 32.4 Å². The van der Waals surface area contributed by atoms with E-state index in [-0.39, 0.29) is 0 Å². The Hall–Kier alpha value is -1.35. The molecule has 21 heavy (non-hydrogen) atoms. The molecule has 1 saturated heterocycles. The van der Waals surface area contributed by atoms with Gasteiger partial charge in [-0.1, -0.05) is 24.3 Å². The van der Waals surface area contributed by atoms with E-state index in [0.29, 0.717) is 24.3 Å². The van der Waals surface area contributed by atoms with Gasteiger partial charge in [0.25, 0.3) is 0 Å². The Kier molecular flexibility index (Phi) is 4.59. The third-order valence-corrected chi connectivity index (χ3v) is 5.17. The number of aryl methyl sites for hydroxylation is 1. The van der Waals surface area contributed by atoms with Gasteiger partial charge < -0.3 is 10.2 Å². The zero-order valence-electron chi connectivity index (χ0n) is 13.0. The SMILES string of the molecule is CNC1CCN(C(=O)CC2CCCc3ccccc32)CC1. The predicted molar refractivity (Wildman–Crippen MR) is 85.4 cm³/mol. The van der Waals surface area contributed by atoms with Crippen LogP contribution in [-0.2, 0) is 11.2 Å². The summed E-state index contributed by atoms with van der Waals surface area (Å²) in [6, 6.07) is 9.26. The Balaban J connectivity index is 1.61. The maximum Gasteiger partial charge on any atom is 0.223 e. The molecule has 0 aromatic heterocycles. The summed E-state index contributed by atoms with van der Waals surface area (Å²) >= 11 is 0. The summed E-state index contributed by atoms with van der Waals surface area (Å²) in [6.45, 7) is 1.83. The molecule has 0 spiro atoms. The van der Waals surface area contributed by atoms with Gasteiger partial charge in [0.15, 0.2) is 0 Å². The van der Waals surface area contributed by atoms with E-state index in [4.69, 9.17) is 0 Å². The van der Waals surface area contributed by atoms with Crippen molar-refractivity contribution in [2.45, 2.75) is 50.5 Å². The summed E-state index contributed by atoms with van der Waals surface area (Å²) in [6.07, 6.45) is 6.43. The topological polar surface area (TPSA) is 32.3 Å². The van der Waals surface area contributed by atoms with Gasteiger partial charge in [-0.3, -0.25) is 4.79 Å². The maximum atomic E-state index is 12.6. The van der Waals surface area contributed by atoms with Gasteiger partial charge in [0.2, 0.25) is 5.91 Å². The first-order valence-corrected chi connectivity index (χ1v) is 8.30. The fourth-order valence-corrected chi connectivity index (χ4v) is 3.82. The number of nitrogens with one attached hydrogen (secondary N) is 1. The van der Waals surface area contributed by atoms with Crippen LogP contribution in [0.25, 0.3) is 0 Å². The molecule has 1 aromatic rings. The third kappa shape index (κ3) is 3.29. The first kappa shape index (κ1) is 14.6. The number of carbonyl (C=O) groups excluding carboxylic acids is 1. The molecule has 1 heterocycles. The number of nitrogens with zero attached hydrogens (tertiary/aromatic N) is 1. The lowest BCUT2D eigenvalue weighted by Crippen LogP contribution is -2.44. The van der Waals surface area contributed by atoms with Crippen molar-refractivity contribution in [2.75, 3.05) is 20.1 Å². The van der Waals surface area contributed by atoms with Crippen LogP contribution in [0.2, 0.25) is 0 Å². The zero-order chi connectivity index (χ0) is 14.7. The van der Waals surface area contributed by atoms with Crippen LogP contribution in [0, 0.1) is 0 Å². The zero-order valence-corrected chi connectivity index (χ0v) is 13.0. The Bertz CT molecular complexity index is 492. The van der Waals surface area contributed by atoms with Gasteiger partial charge >= 0.3 is 0 Å². The minimum absolute atomic E-state index is 0.353. The Morgan fingerprint density at radius 2 is 2.00 bits per heavy atom. The lowest BCUT2D eigenvalue weighted by atomic mass is 9.81. The van der Waals surface area contributed by atoms with Crippen LogP contribution < -0.4 is 5.32 Å². The van der Waals surface area contributed by atoms with Crippen LogP contribution >= 0.6 is 0 Å². The average molecular weight is 286 g/mol. The number of fused-ring (bicyclic) bond motifs is 1. The number of likely N-dealkylation sites (tertiary alicyclic amines) is 1. The number of piperidine rings is 1. The molecule has 1 aromatic carbocycles. The maximum absolute atomic E-state index is 12.6. The lowest BCUT2D eigenvalue weighted by Gasteiger charge is -2.33. The Morgan fingerprint density at radius 1 is 1.24 bits per heavy atom. The molecular weight excluding hydrogens is 260 g/mol. The van der Waals surface area contributed by atoms with Crippen molar-refractivity contribution in [1.29, 1.82) is 0 Å². The van der Waals surface area contributed by atoms with Crippen molar-refractivity contribution in [2.24, 2.45) is 0 Å². The number of hydrogen-bond acceptors (Lipinski definition) is 2. The largest absolute Gasteiger partial charge is 0.343 e.